The van der Waals surface area contributed by atoms with E-state index in [9.17, 15) is 9.18 Å². The highest BCUT2D eigenvalue weighted by atomic mass is 19.1. The van der Waals surface area contributed by atoms with Crippen LogP contribution < -0.4 is 0 Å². The quantitative estimate of drug-likeness (QED) is 0.496. The summed E-state index contributed by atoms with van der Waals surface area (Å²) < 4.78 is 25.3. The van der Waals surface area contributed by atoms with Crippen LogP contribution in [0, 0.1) is 19.7 Å². The summed E-state index contributed by atoms with van der Waals surface area (Å²) in [4.78, 5) is 20.7. The Morgan fingerprint density at radius 2 is 1.93 bits per heavy atom. The Balaban J connectivity index is 1.52. The fourth-order valence-corrected chi connectivity index (χ4v) is 2.62. The Labute approximate surface area is 158 Å². The van der Waals surface area contributed by atoms with Crippen molar-refractivity contribution in [1.82, 2.24) is 29.8 Å². The van der Waals surface area contributed by atoms with Crippen LogP contribution in [0.4, 0.5) is 4.39 Å². The smallest absolute Gasteiger partial charge is 0.379 e. The first-order valence-corrected chi connectivity index (χ1v) is 8.42. The minimum Gasteiger partial charge on any atom is -0.447 e. The van der Waals surface area contributed by atoms with Crippen molar-refractivity contribution in [3.05, 3.63) is 59.3 Å². The van der Waals surface area contributed by atoms with E-state index < -0.39 is 12.1 Å². The van der Waals surface area contributed by atoms with E-state index in [-0.39, 0.29) is 23.4 Å². The average Bonchev–Trinajstić information content (AvgIpc) is 3.29. The van der Waals surface area contributed by atoms with E-state index in [4.69, 9.17) is 9.15 Å². The zero-order valence-electron chi connectivity index (χ0n) is 15.3. The van der Waals surface area contributed by atoms with Crippen molar-refractivity contribution in [2.75, 3.05) is 0 Å². The number of rotatable bonds is 4. The van der Waals surface area contributed by atoms with Gasteiger partial charge in [0.2, 0.25) is 5.89 Å². The first kappa shape index (κ1) is 17.7. The van der Waals surface area contributed by atoms with Crippen LogP contribution in [0.5, 0.6) is 0 Å². The van der Waals surface area contributed by atoms with Crippen LogP contribution in [-0.4, -0.2) is 35.7 Å². The molecule has 0 amide bonds. The Hall–Kier alpha value is -3.69. The highest BCUT2D eigenvalue weighted by molar-refractivity contribution is 5.85. The molecule has 4 rings (SSSR count). The summed E-state index contributed by atoms with van der Waals surface area (Å²) in [6.07, 6.45) is -0.823. The van der Waals surface area contributed by atoms with E-state index in [0.717, 1.165) is 11.4 Å². The molecule has 28 heavy (non-hydrogen) atoms. The largest absolute Gasteiger partial charge is 0.447 e. The number of nitrogens with zero attached hydrogens (tertiary/aromatic N) is 6. The predicted octanol–water partition coefficient (Wildman–Crippen LogP) is 2.85. The minimum absolute atomic E-state index is 0.0987. The number of ether oxygens (including phenoxy) is 1. The lowest BCUT2D eigenvalue weighted by Gasteiger charge is -2.06. The van der Waals surface area contributed by atoms with Crippen molar-refractivity contribution in [3.8, 4) is 11.5 Å². The van der Waals surface area contributed by atoms with Gasteiger partial charge >= 0.3 is 5.97 Å². The van der Waals surface area contributed by atoms with Crippen LogP contribution in [0.2, 0.25) is 0 Å². The van der Waals surface area contributed by atoms with Gasteiger partial charge < -0.3 is 9.15 Å². The third kappa shape index (κ3) is 3.31. The molecule has 142 valence electrons. The van der Waals surface area contributed by atoms with Crippen molar-refractivity contribution in [3.63, 3.8) is 0 Å². The highest BCUT2D eigenvalue weighted by Gasteiger charge is 2.23. The number of hydrogen-bond donors (Lipinski definition) is 0. The van der Waals surface area contributed by atoms with Gasteiger partial charge in [-0.15, -0.1) is 15.3 Å². The molecule has 9 nitrogen and oxygen atoms in total. The van der Waals surface area contributed by atoms with Crippen LogP contribution in [0.3, 0.4) is 0 Å². The molecule has 0 spiro atoms. The molecule has 0 fully saturated rings. The molecular weight excluding hydrogens is 367 g/mol. The Kier molecular flexibility index (Phi) is 4.30. The van der Waals surface area contributed by atoms with E-state index in [1.807, 2.05) is 19.9 Å². The van der Waals surface area contributed by atoms with Crippen molar-refractivity contribution in [1.29, 1.82) is 0 Å². The van der Waals surface area contributed by atoms with Crippen molar-refractivity contribution >= 4 is 11.7 Å². The molecule has 4 aromatic rings. The standard InChI is InChI=1S/C18H15FN6O3/c1-9-8-10(2)25-18(20-9)21-14(24-25)17(26)27-11(3)15-22-23-16(28-15)12-4-6-13(19)7-5-12/h4-8,11H,1-3H3/t11-/m1/s1. The van der Waals surface area contributed by atoms with Gasteiger partial charge in [0.1, 0.15) is 5.82 Å². The summed E-state index contributed by atoms with van der Waals surface area (Å²) in [5.41, 5.74) is 2.12. The number of carbonyl (C=O) groups excluding carboxylic acids is 1. The number of hydrogen-bond acceptors (Lipinski definition) is 8. The third-order valence-corrected chi connectivity index (χ3v) is 3.96. The number of aryl methyl sites for hydroxylation is 2. The zero-order chi connectivity index (χ0) is 19.8. The molecule has 10 heteroatoms. The Morgan fingerprint density at radius 1 is 1.18 bits per heavy atom. The van der Waals surface area contributed by atoms with E-state index in [1.54, 1.807) is 6.92 Å². The first-order chi connectivity index (χ1) is 13.4. The third-order valence-electron chi connectivity index (χ3n) is 3.96. The highest BCUT2D eigenvalue weighted by Crippen LogP contribution is 2.23. The molecule has 1 atom stereocenters. The molecule has 3 heterocycles. The van der Waals surface area contributed by atoms with Gasteiger partial charge in [-0.3, -0.25) is 0 Å². The van der Waals surface area contributed by atoms with Crippen molar-refractivity contribution in [2.45, 2.75) is 26.9 Å². The zero-order valence-corrected chi connectivity index (χ0v) is 15.3. The maximum absolute atomic E-state index is 13.0. The molecule has 0 aliphatic heterocycles. The summed E-state index contributed by atoms with van der Waals surface area (Å²) in [5, 5.41) is 11.9. The predicted molar refractivity (Wildman–Crippen MR) is 93.8 cm³/mol. The SMILES string of the molecule is Cc1cc(C)n2nc(C(=O)O[C@H](C)c3nnc(-c4ccc(F)cc4)o3)nc2n1. The molecule has 0 saturated carbocycles. The molecule has 1 aromatic carbocycles. The maximum atomic E-state index is 13.0. The second-order valence-electron chi connectivity index (χ2n) is 6.19. The average molecular weight is 382 g/mol. The van der Waals surface area contributed by atoms with Crippen LogP contribution in [0.15, 0.2) is 34.7 Å². The van der Waals surface area contributed by atoms with Crippen LogP contribution in [0.25, 0.3) is 17.2 Å². The molecule has 0 aliphatic rings. The second kappa shape index (κ2) is 6.80. The Morgan fingerprint density at radius 3 is 2.68 bits per heavy atom. The summed E-state index contributed by atoms with van der Waals surface area (Å²) in [7, 11) is 0. The molecule has 0 saturated heterocycles. The molecule has 0 unspecified atom stereocenters. The molecule has 0 radical (unpaired) electrons. The van der Waals surface area contributed by atoms with Crippen molar-refractivity contribution < 1.29 is 18.3 Å². The Bertz CT molecular complexity index is 1170. The van der Waals surface area contributed by atoms with Gasteiger partial charge in [0.25, 0.3) is 17.5 Å². The number of fused-ring (bicyclic) bond motifs is 1. The summed E-state index contributed by atoms with van der Waals surface area (Å²) >= 11 is 0. The summed E-state index contributed by atoms with van der Waals surface area (Å²) in [6, 6.07) is 7.43. The van der Waals surface area contributed by atoms with E-state index in [1.165, 1.54) is 28.8 Å². The number of halogens is 1. The van der Waals surface area contributed by atoms with Crippen LogP contribution >= 0.6 is 0 Å². The normalized spacial score (nSPS) is 12.3. The second-order valence-corrected chi connectivity index (χ2v) is 6.19. The van der Waals surface area contributed by atoms with Crippen molar-refractivity contribution in [2.24, 2.45) is 0 Å². The van der Waals surface area contributed by atoms with E-state index >= 15 is 0 Å². The molecule has 0 N–H and O–H groups in total. The van der Waals surface area contributed by atoms with Gasteiger partial charge in [-0.25, -0.2) is 18.7 Å². The summed E-state index contributed by atoms with van der Waals surface area (Å²) in [6.45, 7) is 5.25. The lowest BCUT2D eigenvalue weighted by atomic mass is 10.2. The van der Waals surface area contributed by atoms with E-state index in [2.05, 4.69) is 25.3 Å². The number of benzene rings is 1. The lowest BCUT2D eigenvalue weighted by Crippen LogP contribution is -2.11. The van der Waals surface area contributed by atoms with Gasteiger partial charge in [0.15, 0.2) is 6.10 Å². The fourth-order valence-electron chi connectivity index (χ4n) is 2.62. The molecule has 0 aliphatic carbocycles. The van der Waals surface area contributed by atoms with Gasteiger partial charge in [-0.1, -0.05) is 0 Å². The first-order valence-electron chi connectivity index (χ1n) is 8.42. The fraction of sp³-hybridized carbons (Fsp3) is 0.222. The number of aromatic nitrogens is 6. The number of esters is 1. The maximum Gasteiger partial charge on any atom is 0.379 e. The van der Waals surface area contributed by atoms with E-state index in [0.29, 0.717) is 11.3 Å². The lowest BCUT2D eigenvalue weighted by molar-refractivity contribution is 0.0266. The van der Waals surface area contributed by atoms with Gasteiger partial charge in [-0.05, 0) is 51.1 Å². The number of carbonyl (C=O) groups is 1. The summed E-state index contributed by atoms with van der Waals surface area (Å²) in [5.74, 6) is -0.622. The minimum atomic E-state index is -0.823. The topological polar surface area (TPSA) is 108 Å². The monoisotopic (exact) mass is 382 g/mol. The van der Waals surface area contributed by atoms with Crippen LogP contribution in [0.1, 0.15) is 40.9 Å². The van der Waals surface area contributed by atoms with Gasteiger partial charge in [0, 0.05) is 17.0 Å². The van der Waals surface area contributed by atoms with Gasteiger partial charge in [-0.2, -0.15) is 4.98 Å². The van der Waals surface area contributed by atoms with Gasteiger partial charge in [0.05, 0.1) is 0 Å². The van der Waals surface area contributed by atoms with Crippen LogP contribution in [-0.2, 0) is 4.74 Å². The molecule has 3 aromatic heterocycles. The molecule has 0 bridgehead atoms. The molecular formula is C18H15FN6O3.